The Morgan fingerprint density at radius 3 is 2.39 bits per heavy atom. The first-order valence-electron chi connectivity index (χ1n) is 8.71. The average Bonchev–Trinajstić information content (AvgIpc) is 3.21. The number of rotatable bonds is 4. The van der Waals surface area contributed by atoms with Crippen molar-refractivity contribution < 1.29 is 14.3 Å². The molecule has 136 valence electrons. The molecule has 0 aliphatic carbocycles. The summed E-state index contributed by atoms with van der Waals surface area (Å²) in [5, 5.41) is 12.1. The topological polar surface area (TPSA) is 71.4 Å². The second kappa shape index (κ2) is 7.68. The van der Waals surface area contributed by atoms with Gasteiger partial charge in [-0.05, 0) is 34.9 Å². The van der Waals surface area contributed by atoms with Gasteiger partial charge in [0.1, 0.15) is 11.6 Å². The van der Waals surface area contributed by atoms with E-state index in [1.54, 1.807) is 24.3 Å². The molecule has 4 rings (SSSR count). The molecule has 1 heterocycles. The summed E-state index contributed by atoms with van der Waals surface area (Å²) < 4.78 is 10.5. The Bertz CT molecular complexity index is 1080. The summed E-state index contributed by atoms with van der Waals surface area (Å²) in [6.07, 6.45) is 1.57. The van der Waals surface area contributed by atoms with Crippen LogP contribution in [0, 0.1) is 11.3 Å². The fourth-order valence-electron chi connectivity index (χ4n) is 2.89. The number of nitriles is 1. The van der Waals surface area contributed by atoms with Gasteiger partial charge in [0.05, 0.1) is 0 Å². The van der Waals surface area contributed by atoms with E-state index in [9.17, 15) is 10.1 Å². The maximum Gasteiger partial charge on any atom is 0.266 e. The van der Waals surface area contributed by atoms with Gasteiger partial charge in [0, 0.05) is 11.8 Å². The molecule has 0 bridgehead atoms. The van der Waals surface area contributed by atoms with Crippen molar-refractivity contribution in [3.8, 4) is 28.7 Å². The van der Waals surface area contributed by atoms with Crippen LogP contribution in [-0.4, -0.2) is 12.7 Å². The zero-order valence-corrected chi connectivity index (χ0v) is 14.9. The summed E-state index contributed by atoms with van der Waals surface area (Å²) in [4.78, 5) is 12.5. The molecular formula is C23H16N2O3. The number of carbonyl (C=O) groups excluding carboxylic acids is 1. The van der Waals surface area contributed by atoms with E-state index < -0.39 is 5.91 Å². The molecule has 28 heavy (non-hydrogen) atoms. The minimum atomic E-state index is -0.478. The molecule has 1 N–H and O–H groups in total. The first kappa shape index (κ1) is 17.4. The Morgan fingerprint density at radius 2 is 1.64 bits per heavy atom. The van der Waals surface area contributed by atoms with E-state index in [1.807, 2.05) is 60.7 Å². The lowest BCUT2D eigenvalue weighted by atomic mass is 10.0. The number of amides is 1. The smallest absolute Gasteiger partial charge is 0.266 e. The molecule has 1 aliphatic heterocycles. The van der Waals surface area contributed by atoms with Crippen molar-refractivity contribution in [3.05, 3.63) is 83.9 Å². The van der Waals surface area contributed by atoms with Crippen LogP contribution in [0.3, 0.4) is 0 Å². The fraction of sp³-hybridized carbons (Fsp3) is 0.0435. The minimum Gasteiger partial charge on any atom is -0.454 e. The van der Waals surface area contributed by atoms with Gasteiger partial charge in [-0.3, -0.25) is 4.79 Å². The van der Waals surface area contributed by atoms with E-state index in [2.05, 4.69) is 5.32 Å². The summed E-state index contributed by atoms with van der Waals surface area (Å²) in [5.74, 6) is 0.720. The van der Waals surface area contributed by atoms with E-state index in [4.69, 9.17) is 9.47 Å². The Hall–Kier alpha value is -4.04. The van der Waals surface area contributed by atoms with Crippen LogP contribution in [0.25, 0.3) is 17.2 Å². The largest absolute Gasteiger partial charge is 0.454 e. The zero-order chi connectivity index (χ0) is 19.3. The number of ether oxygens (including phenoxy) is 2. The molecule has 0 aromatic heterocycles. The summed E-state index contributed by atoms with van der Waals surface area (Å²) in [6, 6.07) is 24.7. The van der Waals surface area contributed by atoms with Gasteiger partial charge in [0.15, 0.2) is 11.5 Å². The fourth-order valence-corrected chi connectivity index (χ4v) is 2.89. The minimum absolute atomic E-state index is 0.0186. The molecule has 5 nitrogen and oxygen atoms in total. The van der Waals surface area contributed by atoms with Crippen molar-refractivity contribution in [2.24, 2.45) is 0 Å². The molecule has 3 aromatic rings. The van der Waals surface area contributed by atoms with Gasteiger partial charge < -0.3 is 14.8 Å². The first-order chi connectivity index (χ1) is 13.7. The molecule has 1 aliphatic rings. The van der Waals surface area contributed by atoms with Gasteiger partial charge in [-0.2, -0.15) is 5.26 Å². The monoisotopic (exact) mass is 368 g/mol. The molecule has 1 amide bonds. The highest BCUT2D eigenvalue weighted by atomic mass is 16.7. The maximum atomic E-state index is 12.5. The third kappa shape index (κ3) is 3.71. The highest BCUT2D eigenvalue weighted by molar-refractivity contribution is 6.09. The quantitative estimate of drug-likeness (QED) is 0.538. The third-order valence-corrected chi connectivity index (χ3v) is 4.32. The Balaban J connectivity index is 1.50. The third-order valence-electron chi connectivity index (χ3n) is 4.32. The van der Waals surface area contributed by atoms with Crippen LogP contribution >= 0.6 is 0 Å². The van der Waals surface area contributed by atoms with Crippen LogP contribution in [0.5, 0.6) is 11.5 Å². The molecule has 0 atom stereocenters. The van der Waals surface area contributed by atoms with Gasteiger partial charge in [0.25, 0.3) is 5.91 Å². The van der Waals surface area contributed by atoms with Crippen molar-refractivity contribution >= 4 is 17.7 Å². The Morgan fingerprint density at radius 1 is 0.929 bits per heavy atom. The van der Waals surface area contributed by atoms with E-state index in [1.165, 1.54) is 0 Å². The molecule has 0 saturated carbocycles. The van der Waals surface area contributed by atoms with Crippen LogP contribution in [0.4, 0.5) is 5.69 Å². The number of anilines is 1. The maximum absolute atomic E-state index is 12.5. The average molecular weight is 368 g/mol. The standard InChI is InChI=1S/C23H16N2O3/c24-14-19(23(26)25-20-10-11-21-22(13-20)28-15-27-21)12-16-6-8-18(9-7-16)17-4-2-1-3-5-17/h1-13H,15H2,(H,25,26)/b19-12+. The molecule has 0 unspecified atom stereocenters. The van der Waals surface area contributed by atoms with Crippen molar-refractivity contribution in [1.82, 2.24) is 0 Å². The number of fused-ring (bicyclic) bond motifs is 1. The second-order valence-corrected chi connectivity index (χ2v) is 6.18. The number of hydrogen-bond acceptors (Lipinski definition) is 4. The molecule has 0 fully saturated rings. The number of carbonyl (C=O) groups is 1. The molecule has 0 radical (unpaired) electrons. The number of nitrogens with one attached hydrogen (secondary N) is 1. The van der Waals surface area contributed by atoms with Crippen molar-refractivity contribution in [2.75, 3.05) is 12.1 Å². The van der Waals surface area contributed by atoms with Gasteiger partial charge in [-0.15, -0.1) is 0 Å². The number of benzene rings is 3. The molecule has 5 heteroatoms. The lowest BCUT2D eigenvalue weighted by Gasteiger charge is -2.06. The van der Waals surface area contributed by atoms with Crippen LogP contribution < -0.4 is 14.8 Å². The lowest BCUT2D eigenvalue weighted by Crippen LogP contribution is -2.13. The van der Waals surface area contributed by atoms with Gasteiger partial charge in [0.2, 0.25) is 6.79 Å². The highest BCUT2D eigenvalue weighted by Gasteiger charge is 2.15. The Labute approximate surface area is 162 Å². The molecular weight excluding hydrogens is 352 g/mol. The summed E-state index contributed by atoms with van der Waals surface area (Å²) in [5.41, 5.74) is 3.51. The molecule has 0 saturated heterocycles. The Kier molecular flexibility index (Phi) is 4.77. The zero-order valence-electron chi connectivity index (χ0n) is 14.9. The van der Waals surface area contributed by atoms with Crippen molar-refractivity contribution in [3.63, 3.8) is 0 Å². The lowest BCUT2D eigenvalue weighted by molar-refractivity contribution is -0.112. The molecule has 3 aromatic carbocycles. The normalized spacial score (nSPS) is 12.3. The van der Waals surface area contributed by atoms with Crippen molar-refractivity contribution in [2.45, 2.75) is 0 Å². The number of nitrogens with zero attached hydrogens (tertiary/aromatic N) is 1. The SMILES string of the molecule is N#C/C(=C\c1ccc(-c2ccccc2)cc1)C(=O)Nc1ccc2c(c1)OCO2. The van der Waals surface area contributed by atoms with E-state index in [0.717, 1.165) is 16.7 Å². The van der Waals surface area contributed by atoms with Gasteiger partial charge in [-0.25, -0.2) is 0 Å². The van der Waals surface area contributed by atoms with Gasteiger partial charge in [-0.1, -0.05) is 54.6 Å². The van der Waals surface area contributed by atoms with Crippen LogP contribution in [0.15, 0.2) is 78.4 Å². The van der Waals surface area contributed by atoms with E-state index in [0.29, 0.717) is 17.2 Å². The van der Waals surface area contributed by atoms with Crippen molar-refractivity contribution in [1.29, 1.82) is 5.26 Å². The van der Waals surface area contributed by atoms with Crippen LogP contribution in [-0.2, 0) is 4.79 Å². The van der Waals surface area contributed by atoms with Crippen LogP contribution in [0.2, 0.25) is 0 Å². The highest BCUT2D eigenvalue weighted by Crippen LogP contribution is 2.34. The van der Waals surface area contributed by atoms with Gasteiger partial charge >= 0.3 is 0 Å². The summed E-state index contributed by atoms with van der Waals surface area (Å²) >= 11 is 0. The predicted molar refractivity (Wildman–Crippen MR) is 107 cm³/mol. The first-order valence-corrected chi connectivity index (χ1v) is 8.71. The van der Waals surface area contributed by atoms with E-state index in [-0.39, 0.29) is 12.4 Å². The van der Waals surface area contributed by atoms with Crippen LogP contribution in [0.1, 0.15) is 5.56 Å². The number of hydrogen-bond donors (Lipinski definition) is 1. The second-order valence-electron chi connectivity index (χ2n) is 6.18. The predicted octanol–water partition coefficient (Wildman–Crippen LogP) is 4.63. The summed E-state index contributed by atoms with van der Waals surface area (Å²) in [6.45, 7) is 0.162. The summed E-state index contributed by atoms with van der Waals surface area (Å²) in [7, 11) is 0. The molecule has 0 spiro atoms. The van der Waals surface area contributed by atoms with E-state index >= 15 is 0 Å².